The molecule has 0 aliphatic rings. The number of hydrogen-bond donors (Lipinski definition) is 1. The summed E-state index contributed by atoms with van der Waals surface area (Å²) in [4.78, 5) is 29.5. The molecular weight excluding hydrogens is 416 g/mol. The minimum atomic E-state index is -0.386. The molecule has 1 N–H and O–H groups in total. The fraction of sp³-hybridized carbons (Fsp3) is 0.130. The first-order valence-electron chi connectivity index (χ1n) is 9.61. The second-order valence-electron chi connectivity index (χ2n) is 7.05. The Morgan fingerprint density at radius 3 is 2.58 bits per heavy atom. The second kappa shape index (κ2) is 8.97. The van der Waals surface area contributed by atoms with Gasteiger partial charge in [0.1, 0.15) is 12.1 Å². The zero-order chi connectivity index (χ0) is 21.8. The van der Waals surface area contributed by atoms with Crippen molar-refractivity contribution in [3.05, 3.63) is 93.4 Å². The monoisotopic (exact) mass is 434 g/mol. The number of amides is 1. The number of aryl methyl sites for hydroxylation is 1. The van der Waals surface area contributed by atoms with Crippen LogP contribution in [0, 0.1) is 6.92 Å². The first-order valence-corrected chi connectivity index (χ1v) is 9.99. The Morgan fingerprint density at radius 2 is 1.84 bits per heavy atom. The highest BCUT2D eigenvalue weighted by Gasteiger charge is 2.16. The van der Waals surface area contributed by atoms with Crippen LogP contribution in [0.15, 0.2) is 76.2 Å². The molecule has 2 heterocycles. The summed E-state index contributed by atoms with van der Waals surface area (Å²) >= 11 is 5.86. The summed E-state index contributed by atoms with van der Waals surface area (Å²) in [6.45, 7) is 2.21. The molecule has 0 spiro atoms. The number of hydrogen-bond acceptors (Lipinski definition) is 5. The number of carbonyl (C=O) groups is 1. The van der Waals surface area contributed by atoms with E-state index < -0.39 is 0 Å². The summed E-state index contributed by atoms with van der Waals surface area (Å²) in [7, 11) is 0. The van der Waals surface area contributed by atoms with Crippen LogP contribution in [0.3, 0.4) is 0 Å². The molecular formula is C23H19ClN4O3. The molecule has 0 fully saturated rings. The van der Waals surface area contributed by atoms with E-state index in [0.29, 0.717) is 17.4 Å². The number of aromatic nitrogens is 3. The lowest BCUT2D eigenvalue weighted by atomic mass is 10.1. The van der Waals surface area contributed by atoms with Gasteiger partial charge >= 0.3 is 0 Å². The molecule has 156 valence electrons. The number of pyridine rings is 1. The SMILES string of the molecule is Cc1ccc(-c2noc(-c3cccn(CC(=O)NCc4ccc(Cl)cc4)c3=O)n2)cc1. The molecule has 0 saturated carbocycles. The van der Waals surface area contributed by atoms with Crippen LogP contribution < -0.4 is 10.9 Å². The largest absolute Gasteiger partial charge is 0.350 e. The van der Waals surface area contributed by atoms with Crippen molar-refractivity contribution in [2.45, 2.75) is 20.0 Å². The lowest BCUT2D eigenvalue weighted by molar-refractivity contribution is -0.121. The Hall–Kier alpha value is -3.71. The Bertz CT molecular complexity index is 1260. The van der Waals surface area contributed by atoms with E-state index >= 15 is 0 Å². The van der Waals surface area contributed by atoms with Crippen molar-refractivity contribution in [1.29, 1.82) is 0 Å². The molecule has 4 rings (SSSR count). The molecule has 0 radical (unpaired) electrons. The van der Waals surface area contributed by atoms with Crippen molar-refractivity contribution in [3.8, 4) is 22.8 Å². The van der Waals surface area contributed by atoms with Gasteiger partial charge in [-0.3, -0.25) is 9.59 Å². The normalized spacial score (nSPS) is 10.8. The number of halogens is 1. The van der Waals surface area contributed by atoms with Gasteiger partial charge < -0.3 is 14.4 Å². The van der Waals surface area contributed by atoms with Gasteiger partial charge in [0.05, 0.1) is 0 Å². The van der Waals surface area contributed by atoms with E-state index in [1.165, 1.54) is 4.57 Å². The van der Waals surface area contributed by atoms with E-state index in [9.17, 15) is 9.59 Å². The molecule has 2 aromatic carbocycles. The third-order valence-corrected chi connectivity index (χ3v) is 4.96. The van der Waals surface area contributed by atoms with Crippen molar-refractivity contribution >= 4 is 17.5 Å². The van der Waals surface area contributed by atoms with Gasteiger partial charge in [-0.25, -0.2) is 0 Å². The third-order valence-electron chi connectivity index (χ3n) is 4.70. The predicted octanol–water partition coefficient (Wildman–Crippen LogP) is 3.84. The molecule has 8 heteroatoms. The summed E-state index contributed by atoms with van der Waals surface area (Å²) < 4.78 is 6.61. The Balaban J connectivity index is 1.48. The van der Waals surface area contributed by atoms with E-state index in [1.807, 2.05) is 43.3 Å². The maximum atomic E-state index is 12.8. The Kier molecular flexibility index (Phi) is 5.95. The number of benzene rings is 2. The lowest BCUT2D eigenvalue weighted by Gasteiger charge is -2.08. The van der Waals surface area contributed by atoms with Crippen LogP contribution >= 0.6 is 11.6 Å². The molecule has 0 aliphatic heterocycles. The van der Waals surface area contributed by atoms with Crippen LogP contribution in [0.2, 0.25) is 5.02 Å². The predicted molar refractivity (Wildman–Crippen MR) is 117 cm³/mol. The minimum absolute atomic E-state index is 0.108. The second-order valence-corrected chi connectivity index (χ2v) is 7.48. The fourth-order valence-electron chi connectivity index (χ4n) is 2.99. The van der Waals surface area contributed by atoms with E-state index in [2.05, 4.69) is 15.5 Å². The van der Waals surface area contributed by atoms with Crippen LogP contribution in [-0.4, -0.2) is 20.6 Å². The van der Waals surface area contributed by atoms with E-state index in [4.69, 9.17) is 16.1 Å². The molecule has 1 amide bonds. The van der Waals surface area contributed by atoms with Crippen LogP contribution in [0.1, 0.15) is 11.1 Å². The molecule has 31 heavy (non-hydrogen) atoms. The molecule has 7 nitrogen and oxygen atoms in total. The quantitative estimate of drug-likeness (QED) is 0.498. The molecule has 0 saturated heterocycles. The smallest absolute Gasteiger partial charge is 0.263 e. The van der Waals surface area contributed by atoms with Crippen molar-refractivity contribution in [1.82, 2.24) is 20.0 Å². The zero-order valence-corrected chi connectivity index (χ0v) is 17.5. The van der Waals surface area contributed by atoms with Gasteiger partial charge in [-0.15, -0.1) is 0 Å². The summed E-state index contributed by atoms with van der Waals surface area (Å²) in [5.74, 6) is 0.210. The van der Waals surface area contributed by atoms with E-state index in [0.717, 1.165) is 16.7 Å². The van der Waals surface area contributed by atoms with Gasteiger partial charge in [0.2, 0.25) is 11.7 Å². The minimum Gasteiger partial charge on any atom is -0.350 e. The number of rotatable bonds is 6. The summed E-state index contributed by atoms with van der Waals surface area (Å²) in [6.07, 6.45) is 1.55. The molecule has 0 aliphatic carbocycles. The summed E-state index contributed by atoms with van der Waals surface area (Å²) in [5, 5.41) is 7.39. The van der Waals surface area contributed by atoms with Crippen molar-refractivity contribution in [2.75, 3.05) is 0 Å². The van der Waals surface area contributed by atoms with E-state index in [-0.39, 0.29) is 29.5 Å². The third kappa shape index (κ3) is 4.90. The Morgan fingerprint density at radius 1 is 1.10 bits per heavy atom. The maximum Gasteiger partial charge on any atom is 0.263 e. The van der Waals surface area contributed by atoms with Crippen LogP contribution in [0.25, 0.3) is 22.8 Å². The van der Waals surface area contributed by atoms with E-state index in [1.54, 1.807) is 30.5 Å². The highest BCUT2D eigenvalue weighted by Crippen LogP contribution is 2.20. The number of nitrogens with zero attached hydrogens (tertiary/aromatic N) is 3. The Labute approximate surface area is 183 Å². The maximum absolute atomic E-state index is 12.8. The highest BCUT2D eigenvalue weighted by molar-refractivity contribution is 6.30. The molecule has 0 bridgehead atoms. The summed E-state index contributed by atoms with van der Waals surface area (Å²) in [5.41, 5.74) is 2.67. The molecule has 0 unspecified atom stereocenters. The van der Waals surface area contributed by atoms with Crippen LogP contribution in [-0.2, 0) is 17.9 Å². The van der Waals surface area contributed by atoms with Gasteiger partial charge in [-0.2, -0.15) is 4.98 Å². The topological polar surface area (TPSA) is 90.0 Å². The van der Waals surface area contributed by atoms with Crippen molar-refractivity contribution < 1.29 is 9.32 Å². The first kappa shape index (κ1) is 20.6. The van der Waals surface area contributed by atoms with Crippen molar-refractivity contribution in [3.63, 3.8) is 0 Å². The van der Waals surface area contributed by atoms with Gasteiger partial charge in [0.25, 0.3) is 11.4 Å². The average Bonchev–Trinajstić information content (AvgIpc) is 3.25. The van der Waals surface area contributed by atoms with Crippen molar-refractivity contribution in [2.24, 2.45) is 0 Å². The number of nitrogens with one attached hydrogen (secondary N) is 1. The first-order chi connectivity index (χ1) is 15.0. The van der Waals surface area contributed by atoms with Gasteiger partial charge in [0.15, 0.2) is 0 Å². The molecule has 2 aromatic heterocycles. The molecule has 4 aromatic rings. The zero-order valence-electron chi connectivity index (χ0n) is 16.7. The highest BCUT2D eigenvalue weighted by atomic mass is 35.5. The van der Waals surface area contributed by atoms with Gasteiger partial charge in [0, 0.05) is 23.3 Å². The van der Waals surface area contributed by atoms with Gasteiger partial charge in [-0.1, -0.05) is 58.7 Å². The summed E-state index contributed by atoms with van der Waals surface area (Å²) in [6, 6.07) is 18.1. The molecule has 0 atom stereocenters. The average molecular weight is 435 g/mol. The van der Waals surface area contributed by atoms with Crippen LogP contribution in [0.5, 0.6) is 0 Å². The lowest BCUT2D eigenvalue weighted by Crippen LogP contribution is -2.32. The van der Waals surface area contributed by atoms with Gasteiger partial charge in [-0.05, 0) is 36.8 Å². The fourth-order valence-corrected chi connectivity index (χ4v) is 3.12. The van der Waals surface area contributed by atoms with Crippen LogP contribution in [0.4, 0.5) is 0 Å². The standard InChI is InChI=1S/C23H19ClN4O3/c1-15-4-8-17(9-5-15)21-26-22(31-27-21)19-3-2-12-28(23(19)30)14-20(29)25-13-16-6-10-18(24)11-7-16/h2-12H,13-14H2,1H3,(H,25,29). The number of carbonyl (C=O) groups excluding carboxylic acids is 1.